The van der Waals surface area contributed by atoms with Gasteiger partial charge in [0.25, 0.3) is 5.56 Å². The van der Waals surface area contributed by atoms with Gasteiger partial charge < -0.3 is 9.84 Å². The topological polar surface area (TPSA) is 92.3 Å². The van der Waals surface area contributed by atoms with Gasteiger partial charge in [-0.2, -0.15) is 5.26 Å². The van der Waals surface area contributed by atoms with Crippen molar-refractivity contribution in [1.29, 1.82) is 5.26 Å². The second kappa shape index (κ2) is 8.34. The molecule has 1 N–H and O–H groups in total. The molecule has 0 aliphatic rings. The average molecular weight is 472 g/mol. The summed E-state index contributed by atoms with van der Waals surface area (Å²) in [6.45, 7) is 1.50. The summed E-state index contributed by atoms with van der Waals surface area (Å²) in [4.78, 5) is 25.9. The van der Waals surface area contributed by atoms with Gasteiger partial charge in [-0.3, -0.25) is 14.2 Å². The Morgan fingerprint density at radius 3 is 2.66 bits per heavy atom. The van der Waals surface area contributed by atoms with Gasteiger partial charge in [0.2, 0.25) is 11.7 Å². The Kier molecular flexibility index (Phi) is 6.22. The number of carbonyl (C=O) groups excluding carboxylic acids is 1. The molecule has 0 spiro atoms. The number of hydrogen-bond donors (Lipinski definition) is 1. The van der Waals surface area contributed by atoms with Gasteiger partial charge in [0, 0.05) is 22.2 Å². The molecule has 150 valence electrons. The molecule has 10 heteroatoms. The molecule has 2 heterocycles. The third-order valence-corrected chi connectivity index (χ3v) is 6.54. The van der Waals surface area contributed by atoms with Gasteiger partial charge in [-0.25, -0.2) is 0 Å². The first-order valence-corrected chi connectivity index (χ1v) is 10.1. The Hall–Kier alpha value is -2.08. The van der Waals surface area contributed by atoms with Crippen LogP contribution in [0.1, 0.15) is 26.4 Å². The maximum absolute atomic E-state index is 13.3. The SMILES string of the molecule is COCCn1c(O)c(C(=O)c2sc3cc(Cl)cc(Cl)c3c2Cl)c(C)c(C#N)c1=O. The van der Waals surface area contributed by atoms with Crippen molar-refractivity contribution in [2.45, 2.75) is 13.5 Å². The maximum atomic E-state index is 13.3. The van der Waals surface area contributed by atoms with E-state index in [-0.39, 0.29) is 44.8 Å². The van der Waals surface area contributed by atoms with Crippen molar-refractivity contribution in [1.82, 2.24) is 4.57 Å². The standard InChI is InChI=1S/C19H13Cl3N2O4S/c1-8-10(7-23)18(26)24(3-4-28-2)19(27)13(8)16(25)17-15(22)14-11(21)5-9(20)6-12(14)29-17/h5-6,27H,3-4H2,1-2H3. The fraction of sp³-hybridized carbons (Fsp3) is 0.211. The number of ether oxygens (including phenoxy) is 1. The number of aromatic hydroxyl groups is 1. The number of ketones is 1. The number of aromatic nitrogens is 1. The van der Waals surface area contributed by atoms with Gasteiger partial charge in [-0.05, 0) is 24.6 Å². The monoisotopic (exact) mass is 470 g/mol. The van der Waals surface area contributed by atoms with Crippen LogP contribution < -0.4 is 5.56 Å². The number of pyridine rings is 1. The van der Waals surface area contributed by atoms with Crippen molar-refractivity contribution in [3.63, 3.8) is 0 Å². The first kappa shape index (κ1) is 21.6. The van der Waals surface area contributed by atoms with Crippen LogP contribution in [0.3, 0.4) is 0 Å². The smallest absolute Gasteiger partial charge is 0.271 e. The third kappa shape index (κ3) is 3.63. The van der Waals surface area contributed by atoms with Crippen molar-refractivity contribution >= 4 is 62.0 Å². The van der Waals surface area contributed by atoms with Crippen molar-refractivity contribution in [2.75, 3.05) is 13.7 Å². The number of benzene rings is 1. The van der Waals surface area contributed by atoms with Crippen LogP contribution in [-0.2, 0) is 11.3 Å². The number of halogens is 3. The molecule has 29 heavy (non-hydrogen) atoms. The Labute approximate surface area is 184 Å². The van der Waals surface area contributed by atoms with Crippen LogP contribution in [0.25, 0.3) is 10.1 Å². The van der Waals surface area contributed by atoms with E-state index < -0.39 is 17.2 Å². The first-order chi connectivity index (χ1) is 13.7. The number of thiophene rings is 1. The zero-order valence-corrected chi connectivity index (χ0v) is 18.3. The van der Waals surface area contributed by atoms with Crippen molar-refractivity contribution in [3.05, 3.63) is 59.1 Å². The first-order valence-electron chi connectivity index (χ1n) is 8.20. The van der Waals surface area contributed by atoms with E-state index in [0.29, 0.717) is 15.1 Å². The summed E-state index contributed by atoms with van der Waals surface area (Å²) in [5.41, 5.74) is -1.03. The normalized spacial score (nSPS) is 11.0. The minimum Gasteiger partial charge on any atom is -0.494 e. The summed E-state index contributed by atoms with van der Waals surface area (Å²) in [6, 6.07) is 4.95. The number of methoxy groups -OCH3 is 1. The molecule has 3 rings (SSSR count). The van der Waals surface area contributed by atoms with Gasteiger partial charge in [0.05, 0.1) is 33.6 Å². The number of nitrogens with zero attached hydrogens (tertiary/aromatic N) is 2. The summed E-state index contributed by atoms with van der Waals surface area (Å²) in [5.74, 6) is -1.17. The van der Waals surface area contributed by atoms with Gasteiger partial charge >= 0.3 is 0 Å². The average Bonchev–Trinajstić information content (AvgIpc) is 2.98. The second-order valence-corrected chi connectivity index (χ2v) is 8.37. The van der Waals surface area contributed by atoms with Crippen molar-refractivity contribution in [3.8, 4) is 11.9 Å². The lowest BCUT2D eigenvalue weighted by molar-refractivity contribution is 0.103. The van der Waals surface area contributed by atoms with E-state index in [1.165, 1.54) is 20.1 Å². The molecular weight excluding hydrogens is 459 g/mol. The Morgan fingerprint density at radius 1 is 1.34 bits per heavy atom. The molecule has 1 aromatic carbocycles. The second-order valence-electron chi connectivity index (χ2n) is 6.10. The molecule has 2 aromatic heterocycles. The number of hydrogen-bond acceptors (Lipinski definition) is 6. The molecular formula is C19H13Cl3N2O4S. The minimum absolute atomic E-state index is 0.0298. The van der Waals surface area contributed by atoms with E-state index in [2.05, 4.69) is 0 Å². The van der Waals surface area contributed by atoms with Crippen LogP contribution in [0.5, 0.6) is 5.88 Å². The number of fused-ring (bicyclic) bond motifs is 1. The van der Waals surface area contributed by atoms with E-state index in [4.69, 9.17) is 39.5 Å². The van der Waals surface area contributed by atoms with Crippen LogP contribution in [-0.4, -0.2) is 29.2 Å². The molecule has 0 fully saturated rings. The molecule has 0 radical (unpaired) electrons. The van der Waals surface area contributed by atoms with Gasteiger partial charge in [-0.15, -0.1) is 11.3 Å². The highest BCUT2D eigenvalue weighted by atomic mass is 35.5. The lowest BCUT2D eigenvalue weighted by Gasteiger charge is -2.15. The van der Waals surface area contributed by atoms with Crippen molar-refractivity contribution < 1.29 is 14.6 Å². The molecule has 3 aromatic rings. The fourth-order valence-electron chi connectivity index (χ4n) is 2.98. The van der Waals surface area contributed by atoms with E-state index in [0.717, 1.165) is 15.9 Å². The van der Waals surface area contributed by atoms with Crippen LogP contribution >= 0.6 is 46.1 Å². The van der Waals surface area contributed by atoms with Gasteiger partial charge in [-0.1, -0.05) is 34.8 Å². The fourth-order valence-corrected chi connectivity index (χ4v) is 5.31. The number of carbonyl (C=O) groups is 1. The summed E-state index contributed by atoms with van der Waals surface area (Å²) in [6.07, 6.45) is 0. The van der Waals surface area contributed by atoms with Gasteiger partial charge in [0.15, 0.2) is 0 Å². The predicted octanol–water partition coefficient (Wildman–Crippen LogP) is 4.79. The highest BCUT2D eigenvalue weighted by Gasteiger charge is 2.28. The third-order valence-electron chi connectivity index (χ3n) is 4.40. The Morgan fingerprint density at radius 2 is 2.03 bits per heavy atom. The molecule has 6 nitrogen and oxygen atoms in total. The molecule has 0 aliphatic heterocycles. The minimum atomic E-state index is -0.701. The lowest BCUT2D eigenvalue weighted by Crippen LogP contribution is -2.28. The summed E-state index contributed by atoms with van der Waals surface area (Å²) in [7, 11) is 1.43. The summed E-state index contributed by atoms with van der Waals surface area (Å²) < 4.78 is 6.48. The Bertz CT molecular complexity index is 1260. The van der Waals surface area contributed by atoms with Crippen LogP contribution in [0.2, 0.25) is 15.1 Å². The Balaban J connectivity index is 2.29. The largest absolute Gasteiger partial charge is 0.494 e. The van der Waals surface area contributed by atoms with E-state index in [1.807, 2.05) is 0 Å². The number of rotatable bonds is 5. The van der Waals surface area contributed by atoms with Crippen molar-refractivity contribution in [2.24, 2.45) is 0 Å². The molecule has 0 saturated heterocycles. The zero-order chi connectivity index (χ0) is 21.5. The summed E-state index contributed by atoms with van der Waals surface area (Å²) >= 11 is 19.7. The highest BCUT2D eigenvalue weighted by Crippen LogP contribution is 2.42. The summed E-state index contributed by atoms with van der Waals surface area (Å²) in [5, 5.41) is 21.4. The highest BCUT2D eigenvalue weighted by molar-refractivity contribution is 7.22. The maximum Gasteiger partial charge on any atom is 0.271 e. The van der Waals surface area contributed by atoms with Gasteiger partial charge in [0.1, 0.15) is 11.6 Å². The molecule has 0 bridgehead atoms. The quantitative estimate of drug-likeness (QED) is 0.540. The number of nitriles is 1. The van der Waals surface area contributed by atoms with E-state index in [1.54, 1.807) is 12.1 Å². The molecule has 0 unspecified atom stereocenters. The molecule has 0 saturated carbocycles. The molecule has 0 aliphatic carbocycles. The lowest BCUT2D eigenvalue weighted by atomic mass is 10.0. The van der Waals surface area contributed by atoms with E-state index in [9.17, 15) is 20.0 Å². The van der Waals surface area contributed by atoms with E-state index >= 15 is 0 Å². The van der Waals surface area contributed by atoms with Crippen LogP contribution in [0.15, 0.2) is 16.9 Å². The van der Waals surface area contributed by atoms with Crippen LogP contribution in [0.4, 0.5) is 0 Å². The molecule has 0 atom stereocenters. The predicted molar refractivity (Wildman–Crippen MR) is 114 cm³/mol. The zero-order valence-electron chi connectivity index (χ0n) is 15.2. The molecule has 0 amide bonds. The van der Waals surface area contributed by atoms with Crippen LogP contribution in [0, 0.1) is 18.3 Å².